The van der Waals surface area contributed by atoms with Crippen molar-refractivity contribution >= 4 is 15.9 Å². The maximum atomic E-state index is 5.99. The van der Waals surface area contributed by atoms with Gasteiger partial charge in [-0.05, 0) is 12.8 Å². The molecule has 0 bridgehead atoms. The lowest BCUT2D eigenvalue weighted by molar-refractivity contribution is -0.0845. The highest BCUT2D eigenvalue weighted by atomic mass is 79.9. The highest BCUT2D eigenvalue weighted by Gasteiger charge is 2.26. The van der Waals surface area contributed by atoms with E-state index in [0.29, 0.717) is 24.1 Å². The molecule has 0 amide bonds. The molecule has 15 heavy (non-hydrogen) atoms. The quantitative estimate of drug-likeness (QED) is 0.700. The summed E-state index contributed by atoms with van der Waals surface area (Å²) in [5.41, 5.74) is 0. The molecule has 4 heteroatoms. The third kappa shape index (κ3) is 4.81. The zero-order valence-corrected chi connectivity index (χ0v) is 11.2. The number of ether oxygens (including phenoxy) is 3. The Labute approximate surface area is 101 Å². The van der Waals surface area contributed by atoms with Gasteiger partial charge in [-0.25, -0.2) is 0 Å². The Balaban J connectivity index is 2.33. The molecule has 0 aliphatic heterocycles. The molecule has 0 aromatic carbocycles. The first-order valence-electron chi connectivity index (χ1n) is 5.55. The lowest BCUT2D eigenvalue weighted by Crippen LogP contribution is -2.36. The minimum absolute atomic E-state index is 0.0585. The SMILES string of the molecule is COCC(COC)OC1CCCCC1Br. The predicted molar refractivity (Wildman–Crippen MR) is 63.6 cm³/mol. The van der Waals surface area contributed by atoms with Crippen molar-refractivity contribution in [2.75, 3.05) is 27.4 Å². The van der Waals surface area contributed by atoms with Gasteiger partial charge in [0.05, 0.1) is 19.3 Å². The fourth-order valence-corrected chi connectivity index (χ4v) is 2.66. The summed E-state index contributed by atoms with van der Waals surface area (Å²) in [6.45, 7) is 1.20. The van der Waals surface area contributed by atoms with Crippen LogP contribution in [0.3, 0.4) is 0 Å². The Kier molecular flexibility index (Phi) is 6.81. The second-order valence-corrected chi connectivity index (χ2v) is 5.18. The molecule has 0 aromatic rings. The molecule has 1 rings (SSSR count). The van der Waals surface area contributed by atoms with E-state index in [9.17, 15) is 0 Å². The normalized spacial score (nSPS) is 27.2. The van der Waals surface area contributed by atoms with Crippen molar-refractivity contribution in [2.45, 2.75) is 42.7 Å². The molecule has 3 nitrogen and oxygen atoms in total. The first-order chi connectivity index (χ1) is 7.27. The smallest absolute Gasteiger partial charge is 0.104 e. The molecule has 1 saturated carbocycles. The predicted octanol–water partition coefficient (Wildman–Crippen LogP) is 2.37. The van der Waals surface area contributed by atoms with Crippen LogP contribution < -0.4 is 0 Å². The number of halogens is 1. The van der Waals surface area contributed by atoms with Gasteiger partial charge in [-0.2, -0.15) is 0 Å². The molecule has 0 radical (unpaired) electrons. The summed E-state index contributed by atoms with van der Waals surface area (Å²) in [6, 6.07) is 0. The van der Waals surface area contributed by atoms with Crippen molar-refractivity contribution in [3.8, 4) is 0 Å². The zero-order chi connectivity index (χ0) is 11.1. The van der Waals surface area contributed by atoms with Crippen LogP contribution in [0.15, 0.2) is 0 Å². The van der Waals surface area contributed by atoms with Crippen LogP contribution in [0.2, 0.25) is 0 Å². The standard InChI is InChI=1S/C11H21BrO3/c1-13-7-9(8-14-2)15-11-6-4-3-5-10(11)12/h9-11H,3-8H2,1-2H3. The lowest BCUT2D eigenvalue weighted by atomic mass is 9.97. The van der Waals surface area contributed by atoms with Crippen molar-refractivity contribution in [1.29, 1.82) is 0 Å². The van der Waals surface area contributed by atoms with Gasteiger partial charge in [0, 0.05) is 19.0 Å². The summed E-state index contributed by atoms with van der Waals surface area (Å²) in [7, 11) is 3.39. The van der Waals surface area contributed by atoms with Crippen LogP contribution in [0.1, 0.15) is 25.7 Å². The molecular formula is C11H21BrO3. The second-order valence-electron chi connectivity index (χ2n) is 4.01. The van der Waals surface area contributed by atoms with Crippen molar-refractivity contribution in [1.82, 2.24) is 0 Å². The van der Waals surface area contributed by atoms with Crippen LogP contribution in [-0.4, -0.2) is 44.5 Å². The van der Waals surface area contributed by atoms with Gasteiger partial charge in [0.15, 0.2) is 0 Å². The number of rotatable bonds is 6. The summed E-state index contributed by atoms with van der Waals surface area (Å²) in [5.74, 6) is 0. The van der Waals surface area contributed by atoms with E-state index in [4.69, 9.17) is 14.2 Å². The molecule has 90 valence electrons. The van der Waals surface area contributed by atoms with Gasteiger partial charge < -0.3 is 14.2 Å². The molecule has 2 atom stereocenters. The van der Waals surface area contributed by atoms with Crippen molar-refractivity contribution in [3.63, 3.8) is 0 Å². The van der Waals surface area contributed by atoms with Crippen molar-refractivity contribution in [2.24, 2.45) is 0 Å². The minimum atomic E-state index is 0.0585. The largest absolute Gasteiger partial charge is 0.382 e. The van der Waals surface area contributed by atoms with Crippen molar-refractivity contribution < 1.29 is 14.2 Å². The maximum Gasteiger partial charge on any atom is 0.104 e. The average molecular weight is 281 g/mol. The molecule has 0 spiro atoms. The Morgan fingerprint density at radius 2 is 1.73 bits per heavy atom. The number of hydrogen-bond donors (Lipinski definition) is 0. The van der Waals surface area contributed by atoms with Gasteiger partial charge in [-0.1, -0.05) is 28.8 Å². The molecule has 0 heterocycles. The first kappa shape index (κ1) is 13.4. The van der Waals surface area contributed by atoms with Gasteiger partial charge in [0.2, 0.25) is 0 Å². The summed E-state index contributed by atoms with van der Waals surface area (Å²) in [5, 5.41) is 0. The Hall–Kier alpha value is 0.360. The molecule has 1 aliphatic rings. The Morgan fingerprint density at radius 3 is 2.27 bits per heavy atom. The van der Waals surface area contributed by atoms with Gasteiger partial charge in [-0.15, -0.1) is 0 Å². The van der Waals surface area contributed by atoms with Crippen molar-refractivity contribution in [3.05, 3.63) is 0 Å². The van der Waals surface area contributed by atoms with Gasteiger partial charge >= 0.3 is 0 Å². The fraction of sp³-hybridized carbons (Fsp3) is 1.00. The third-order valence-electron chi connectivity index (χ3n) is 2.69. The highest BCUT2D eigenvalue weighted by Crippen LogP contribution is 2.27. The first-order valence-corrected chi connectivity index (χ1v) is 6.47. The van der Waals surface area contributed by atoms with Crippen LogP contribution in [0, 0.1) is 0 Å². The number of hydrogen-bond acceptors (Lipinski definition) is 3. The van der Waals surface area contributed by atoms with E-state index in [-0.39, 0.29) is 6.10 Å². The van der Waals surface area contributed by atoms with E-state index in [1.54, 1.807) is 14.2 Å². The highest BCUT2D eigenvalue weighted by molar-refractivity contribution is 9.09. The summed E-state index contributed by atoms with van der Waals surface area (Å²) >= 11 is 3.68. The van der Waals surface area contributed by atoms with Gasteiger partial charge in [0.1, 0.15) is 6.10 Å². The maximum absolute atomic E-state index is 5.99. The molecule has 1 aliphatic carbocycles. The molecule has 2 unspecified atom stereocenters. The molecule has 1 fully saturated rings. The van der Waals surface area contributed by atoms with Crippen LogP contribution >= 0.6 is 15.9 Å². The van der Waals surface area contributed by atoms with Gasteiger partial charge in [0.25, 0.3) is 0 Å². The van der Waals surface area contributed by atoms with E-state index in [1.165, 1.54) is 19.3 Å². The summed E-state index contributed by atoms with van der Waals surface area (Å²) < 4.78 is 16.2. The van der Waals surface area contributed by atoms with Crippen LogP contribution in [-0.2, 0) is 14.2 Å². The van der Waals surface area contributed by atoms with E-state index >= 15 is 0 Å². The van der Waals surface area contributed by atoms with Crippen LogP contribution in [0.4, 0.5) is 0 Å². The van der Waals surface area contributed by atoms with E-state index in [0.717, 1.165) is 6.42 Å². The third-order valence-corrected chi connectivity index (χ3v) is 3.74. The minimum Gasteiger partial charge on any atom is -0.382 e. The Morgan fingerprint density at radius 1 is 1.13 bits per heavy atom. The van der Waals surface area contributed by atoms with E-state index in [2.05, 4.69) is 15.9 Å². The molecule has 0 aromatic heterocycles. The number of methoxy groups -OCH3 is 2. The van der Waals surface area contributed by atoms with Gasteiger partial charge in [-0.3, -0.25) is 0 Å². The second kappa shape index (κ2) is 7.60. The topological polar surface area (TPSA) is 27.7 Å². The Bertz CT molecular complexity index is 160. The molecular weight excluding hydrogens is 260 g/mol. The zero-order valence-electron chi connectivity index (χ0n) is 9.58. The average Bonchev–Trinajstić information content (AvgIpc) is 2.22. The molecule has 0 N–H and O–H groups in total. The molecule has 0 saturated heterocycles. The van der Waals surface area contributed by atoms with Crippen LogP contribution in [0.25, 0.3) is 0 Å². The fourth-order valence-electron chi connectivity index (χ4n) is 1.95. The monoisotopic (exact) mass is 280 g/mol. The summed E-state index contributed by atoms with van der Waals surface area (Å²) in [4.78, 5) is 0.488. The van der Waals surface area contributed by atoms with E-state index < -0.39 is 0 Å². The summed E-state index contributed by atoms with van der Waals surface area (Å²) in [6.07, 6.45) is 5.28. The lowest BCUT2D eigenvalue weighted by Gasteiger charge is -2.30. The van der Waals surface area contributed by atoms with E-state index in [1.807, 2.05) is 0 Å². The number of alkyl halides is 1. The van der Waals surface area contributed by atoms with Crippen LogP contribution in [0.5, 0.6) is 0 Å².